The van der Waals surface area contributed by atoms with Crippen molar-refractivity contribution in [1.29, 1.82) is 0 Å². The topological polar surface area (TPSA) is 16.1 Å². The average molecular weight is 229 g/mol. The van der Waals surface area contributed by atoms with Gasteiger partial charge in [0.2, 0.25) is 0 Å². The number of nitrogens with zero attached hydrogens (tertiary/aromatic N) is 2. The number of hydrogen-bond donors (Lipinski definition) is 0. The van der Waals surface area contributed by atoms with Crippen LogP contribution >= 0.6 is 11.6 Å². The standard InChI is InChI=1S/C11H14ClFN2/c1-8-4-5-15(10(8)6-12)11-3-2-9(13)7-14-11/h2-3,7-8,10H,4-6H2,1H3. The summed E-state index contributed by atoms with van der Waals surface area (Å²) in [5.74, 6) is 1.70. The summed E-state index contributed by atoms with van der Waals surface area (Å²) in [5, 5.41) is 0. The Morgan fingerprint density at radius 3 is 3.00 bits per heavy atom. The molecule has 1 saturated heterocycles. The molecule has 2 heterocycles. The van der Waals surface area contributed by atoms with Crippen LogP contribution in [0.15, 0.2) is 18.3 Å². The minimum absolute atomic E-state index is 0.298. The third-order valence-electron chi connectivity index (χ3n) is 3.05. The van der Waals surface area contributed by atoms with Crippen molar-refractivity contribution in [2.24, 2.45) is 5.92 Å². The molecule has 2 nitrogen and oxygen atoms in total. The summed E-state index contributed by atoms with van der Waals surface area (Å²) in [4.78, 5) is 6.25. The average Bonchev–Trinajstić information content (AvgIpc) is 2.61. The van der Waals surface area contributed by atoms with Gasteiger partial charge in [-0.05, 0) is 24.5 Å². The summed E-state index contributed by atoms with van der Waals surface area (Å²) in [5.41, 5.74) is 0. The highest BCUT2D eigenvalue weighted by Gasteiger charge is 2.30. The number of rotatable bonds is 2. The monoisotopic (exact) mass is 228 g/mol. The van der Waals surface area contributed by atoms with Gasteiger partial charge in [-0.3, -0.25) is 0 Å². The normalized spacial score (nSPS) is 25.9. The molecule has 82 valence electrons. The van der Waals surface area contributed by atoms with E-state index >= 15 is 0 Å². The van der Waals surface area contributed by atoms with Crippen LogP contribution in [-0.4, -0.2) is 23.5 Å². The number of aromatic nitrogens is 1. The fourth-order valence-electron chi connectivity index (χ4n) is 2.07. The molecule has 1 aromatic rings. The van der Waals surface area contributed by atoms with E-state index in [1.165, 1.54) is 12.3 Å². The lowest BCUT2D eigenvalue weighted by Crippen LogP contribution is -2.34. The molecule has 0 N–H and O–H groups in total. The van der Waals surface area contributed by atoms with Gasteiger partial charge in [-0.25, -0.2) is 9.37 Å². The highest BCUT2D eigenvalue weighted by Crippen LogP contribution is 2.28. The summed E-state index contributed by atoms with van der Waals surface area (Å²) in [6.07, 6.45) is 2.38. The SMILES string of the molecule is CC1CCN(c2ccc(F)cn2)C1CCl. The first-order valence-electron chi connectivity index (χ1n) is 5.16. The van der Waals surface area contributed by atoms with Gasteiger partial charge in [0.05, 0.1) is 6.20 Å². The minimum Gasteiger partial charge on any atom is -0.352 e. The fraction of sp³-hybridized carbons (Fsp3) is 0.545. The molecule has 0 radical (unpaired) electrons. The van der Waals surface area contributed by atoms with Crippen LogP contribution in [0.3, 0.4) is 0 Å². The van der Waals surface area contributed by atoms with Crippen molar-refractivity contribution in [2.75, 3.05) is 17.3 Å². The zero-order valence-electron chi connectivity index (χ0n) is 8.66. The van der Waals surface area contributed by atoms with Crippen molar-refractivity contribution < 1.29 is 4.39 Å². The Morgan fingerprint density at radius 2 is 2.40 bits per heavy atom. The maximum atomic E-state index is 12.7. The van der Waals surface area contributed by atoms with Gasteiger partial charge in [-0.15, -0.1) is 11.6 Å². The van der Waals surface area contributed by atoms with Crippen LogP contribution in [-0.2, 0) is 0 Å². The van der Waals surface area contributed by atoms with Gasteiger partial charge >= 0.3 is 0 Å². The Kier molecular flexibility index (Phi) is 3.10. The number of halogens is 2. The van der Waals surface area contributed by atoms with Crippen molar-refractivity contribution >= 4 is 17.4 Å². The Hall–Kier alpha value is -0.830. The van der Waals surface area contributed by atoms with Crippen molar-refractivity contribution in [3.8, 4) is 0 Å². The molecule has 2 atom stereocenters. The first kappa shape index (κ1) is 10.7. The van der Waals surface area contributed by atoms with Crippen LogP contribution in [0.25, 0.3) is 0 Å². The Labute approximate surface area is 94.1 Å². The Balaban J connectivity index is 2.20. The molecule has 4 heteroatoms. The van der Waals surface area contributed by atoms with E-state index in [0.717, 1.165) is 18.8 Å². The molecule has 2 rings (SSSR count). The lowest BCUT2D eigenvalue weighted by molar-refractivity contribution is 0.548. The zero-order chi connectivity index (χ0) is 10.8. The molecule has 0 bridgehead atoms. The van der Waals surface area contributed by atoms with Gasteiger partial charge in [0.1, 0.15) is 11.6 Å². The molecule has 2 unspecified atom stereocenters. The Morgan fingerprint density at radius 1 is 1.60 bits per heavy atom. The summed E-state index contributed by atoms with van der Waals surface area (Å²) >= 11 is 5.94. The fourth-order valence-corrected chi connectivity index (χ4v) is 2.54. The van der Waals surface area contributed by atoms with Crippen LogP contribution in [0, 0.1) is 11.7 Å². The number of anilines is 1. The van der Waals surface area contributed by atoms with Gasteiger partial charge in [0.25, 0.3) is 0 Å². The highest BCUT2D eigenvalue weighted by atomic mass is 35.5. The molecular weight excluding hydrogens is 215 g/mol. The molecule has 15 heavy (non-hydrogen) atoms. The van der Waals surface area contributed by atoms with E-state index < -0.39 is 0 Å². The van der Waals surface area contributed by atoms with Crippen molar-refractivity contribution in [3.05, 3.63) is 24.1 Å². The van der Waals surface area contributed by atoms with Crippen molar-refractivity contribution in [1.82, 2.24) is 4.98 Å². The maximum Gasteiger partial charge on any atom is 0.141 e. The molecular formula is C11H14ClFN2. The molecule has 0 aromatic carbocycles. The highest BCUT2D eigenvalue weighted by molar-refractivity contribution is 6.18. The second-order valence-corrected chi connectivity index (χ2v) is 4.32. The Bertz CT molecular complexity index is 328. The zero-order valence-corrected chi connectivity index (χ0v) is 9.41. The predicted molar refractivity (Wildman–Crippen MR) is 59.8 cm³/mol. The van der Waals surface area contributed by atoms with E-state index in [4.69, 9.17) is 11.6 Å². The quantitative estimate of drug-likeness (QED) is 0.724. The van der Waals surface area contributed by atoms with Gasteiger partial charge in [0, 0.05) is 18.5 Å². The molecule has 0 saturated carbocycles. The van der Waals surface area contributed by atoms with E-state index in [1.807, 2.05) is 0 Å². The second-order valence-electron chi connectivity index (χ2n) is 4.02. The second kappa shape index (κ2) is 4.35. The number of hydrogen-bond acceptors (Lipinski definition) is 2. The third kappa shape index (κ3) is 2.07. The number of alkyl halides is 1. The van der Waals surface area contributed by atoms with Gasteiger partial charge in [0.15, 0.2) is 0 Å². The molecule has 0 spiro atoms. The van der Waals surface area contributed by atoms with Crippen LogP contribution in [0.4, 0.5) is 10.2 Å². The minimum atomic E-state index is -0.298. The first-order chi connectivity index (χ1) is 7.22. The predicted octanol–water partition coefficient (Wildman–Crippen LogP) is 2.67. The molecule has 1 aliphatic rings. The summed E-state index contributed by atoms with van der Waals surface area (Å²) in [6, 6.07) is 3.48. The summed E-state index contributed by atoms with van der Waals surface area (Å²) < 4.78 is 12.7. The van der Waals surface area contributed by atoms with Crippen LogP contribution in [0.1, 0.15) is 13.3 Å². The molecule has 0 aliphatic carbocycles. The first-order valence-corrected chi connectivity index (χ1v) is 5.70. The molecule has 1 aromatic heterocycles. The molecule has 1 fully saturated rings. The number of pyridine rings is 1. The lowest BCUT2D eigenvalue weighted by atomic mass is 10.1. The summed E-state index contributed by atoms with van der Waals surface area (Å²) in [6.45, 7) is 3.15. The van der Waals surface area contributed by atoms with Crippen molar-refractivity contribution in [3.63, 3.8) is 0 Å². The molecule has 1 aliphatic heterocycles. The van der Waals surface area contributed by atoms with Crippen LogP contribution in [0.2, 0.25) is 0 Å². The summed E-state index contributed by atoms with van der Waals surface area (Å²) in [7, 11) is 0. The van der Waals surface area contributed by atoms with Crippen molar-refractivity contribution in [2.45, 2.75) is 19.4 Å². The lowest BCUT2D eigenvalue weighted by Gasteiger charge is -2.25. The van der Waals surface area contributed by atoms with Crippen LogP contribution in [0.5, 0.6) is 0 Å². The van der Waals surface area contributed by atoms with E-state index in [-0.39, 0.29) is 5.82 Å². The van der Waals surface area contributed by atoms with E-state index in [9.17, 15) is 4.39 Å². The van der Waals surface area contributed by atoms with Gasteiger partial charge < -0.3 is 4.90 Å². The van der Waals surface area contributed by atoms with Gasteiger partial charge in [-0.2, -0.15) is 0 Å². The van der Waals surface area contributed by atoms with E-state index in [2.05, 4.69) is 16.8 Å². The van der Waals surface area contributed by atoms with Gasteiger partial charge in [-0.1, -0.05) is 6.92 Å². The van der Waals surface area contributed by atoms with E-state index in [0.29, 0.717) is 17.8 Å². The van der Waals surface area contributed by atoms with Crippen LogP contribution < -0.4 is 4.90 Å². The largest absolute Gasteiger partial charge is 0.352 e. The smallest absolute Gasteiger partial charge is 0.141 e. The van der Waals surface area contributed by atoms with E-state index in [1.54, 1.807) is 6.07 Å². The maximum absolute atomic E-state index is 12.7. The third-order valence-corrected chi connectivity index (χ3v) is 3.36. The molecule has 0 amide bonds.